The third-order valence-electron chi connectivity index (χ3n) is 6.58. The van der Waals surface area contributed by atoms with Gasteiger partial charge in [-0.1, -0.05) is 30.3 Å². The Bertz CT molecular complexity index is 1210. The first-order chi connectivity index (χ1) is 16.1. The number of hydrogen-bond donors (Lipinski definition) is 1. The molecule has 0 radical (unpaired) electrons. The summed E-state index contributed by atoms with van der Waals surface area (Å²) in [6.07, 6.45) is 2.95. The highest BCUT2D eigenvalue weighted by molar-refractivity contribution is 5.81. The number of nitrogens with one attached hydrogen (secondary N) is 1. The Morgan fingerprint density at radius 2 is 1.70 bits per heavy atom. The summed E-state index contributed by atoms with van der Waals surface area (Å²) in [7, 11) is 3.23. The van der Waals surface area contributed by atoms with Crippen molar-refractivity contribution < 1.29 is 14.3 Å². The lowest BCUT2D eigenvalue weighted by Crippen LogP contribution is -2.31. The van der Waals surface area contributed by atoms with Crippen molar-refractivity contribution in [2.75, 3.05) is 27.3 Å². The number of likely N-dealkylation sites (tertiary alicyclic amines) is 1. The zero-order valence-electron chi connectivity index (χ0n) is 18.9. The number of nitrogens with zero attached hydrogens (tertiary/aromatic N) is 3. The second kappa shape index (κ2) is 8.77. The van der Waals surface area contributed by atoms with Crippen LogP contribution in [0.1, 0.15) is 19.3 Å². The van der Waals surface area contributed by atoms with Crippen LogP contribution < -0.4 is 15.2 Å². The molecule has 8 nitrogen and oxygen atoms in total. The second-order valence-electron chi connectivity index (χ2n) is 8.82. The van der Waals surface area contributed by atoms with Gasteiger partial charge in [-0.25, -0.2) is 9.89 Å². The molecule has 0 spiro atoms. The molecule has 1 saturated carbocycles. The molecule has 3 aromatic rings. The van der Waals surface area contributed by atoms with Crippen LogP contribution in [0, 0.1) is 11.8 Å². The van der Waals surface area contributed by atoms with E-state index in [9.17, 15) is 9.59 Å². The fourth-order valence-electron chi connectivity index (χ4n) is 4.56. The number of methoxy groups -OCH3 is 2. The highest BCUT2D eigenvalue weighted by atomic mass is 16.5. The summed E-state index contributed by atoms with van der Waals surface area (Å²) >= 11 is 0. The van der Waals surface area contributed by atoms with Crippen molar-refractivity contribution in [2.24, 2.45) is 11.8 Å². The van der Waals surface area contributed by atoms with E-state index < -0.39 is 0 Å². The number of hydrogen-bond acceptors (Lipinski definition) is 5. The van der Waals surface area contributed by atoms with Crippen molar-refractivity contribution >= 4 is 5.91 Å². The van der Waals surface area contributed by atoms with Crippen molar-refractivity contribution in [1.29, 1.82) is 0 Å². The lowest BCUT2D eigenvalue weighted by molar-refractivity contribution is -0.131. The van der Waals surface area contributed by atoms with E-state index in [-0.39, 0.29) is 23.4 Å². The van der Waals surface area contributed by atoms with Gasteiger partial charge < -0.3 is 14.4 Å². The topological polar surface area (TPSA) is 89.5 Å². The molecular weight excluding hydrogens is 420 g/mol. The first-order valence-electron chi connectivity index (χ1n) is 11.3. The van der Waals surface area contributed by atoms with Gasteiger partial charge in [0.25, 0.3) is 0 Å². The minimum Gasteiger partial charge on any atom is -0.493 e. The van der Waals surface area contributed by atoms with Gasteiger partial charge in [0.1, 0.15) is 0 Å². The van der Waals surface area contributed by atoms with E-state index in [1.54, 1.807) is 18.8 Å². The highest BCUT2D eigenvalue weighted by Crippen LogP contribution is 2.34. The minimum absolute atomic E-state index is 0.221. The number of rotatable bonds is 7. The SMILES string of the molecule is COc1ccc(-c2ccc(-c3n[nH]c(=O)n3CC3CCN(C(=O)C4CC4)C3)cc2)cc1OC. The monoisotopic (exact) mass is 448 g/mol. The number of benzene rings is 2. The third kappa shape index (κ3) is 4.25. The number of carbonyl (C=O) groups is 1. The van der Waals surface area contributed by atoms with Crippen molar-refractivity contribution in [3.8, 4) is 34.0 Å². The van der Waals surface area contributed by atoms with Gasteiger partial charge in [-0.15, -0.1) is 0 Å². The zero-order valence-corrected chi connectivity index (χ0v) is 18.9. The summed E-state index contributed by atoms with van der Waals surface area (Å²) < 4.78 is 12.4. The maximum absolute atomic E-state index is 12.5. The Kier molecular flexibility index (Phi) is 5.66. The smallest absolute Gasteiger partial charge is 0.343 e. The van der Waals surface area contributed by atoms with Crippen LogP contribution in [-0.2, 0) is 11.3 Å². The molecule has 1 amide bonds. The van der Waals surface area contributed by atoms with Gasteiger partial charge in [0.2, 0.25) is 5.91 Å². The van der Waals surface area contributed by atoms with E-state index in [1.807, 2.05) is 47.4 Å². The normalized spacial score (nSPS) is 17.9. The van der Waals surface area contributed by atoms with E-state index >= 15 is 0 Å². The van der Waals surface area contributed by atoms with Crippen LogP contribution in [0.3, 0.4) is 0 Å². The summed E-state index contributed by atoms with van der Waals surface area (Å²) in [6, 6.07) is 13.7. The molecule has 1 atom stereocenters. The first-order valence-corrected chi connectivity index (χ1v) is 11.3. The molecule has 2 aliphatic rings. The molecular formula is C25H28N4O4. The molecule has 2 fully saturated rings. The molecule has 1 aliphatic heterocycles. The zero-order chi connectivity index (χ0) is 22.9. The van der Waals surface area contributed by atoms with Crippen LogP contribution in [0.4, 0.5) is 0 Å². The molecule has 1 saturated heterocycles. The van der Waals surface area contributed by atoms with Gasteiger partial charge in [0, 0.05) is 31.1 Å². The predicted molar refractivity (Wildman–Crippen MR) is 124 cm³/mol. The molecule has 33 heavy (non-hydrogen) atoms. The summed E-state index contributed by atoms with van der Waals surface area (Å²) in [5.74, 6) is 2.75. The Labute approximate surface area is 192 Å². The number of aromatic nitrogens is 3. The molecule has 8 heteroatoms. The van der Waals surface area contributed by atoms with Crippen LogP contribution >= 0.6 is 0 Å². The molecule has 0 bridgehead atoms. The molecule has 172 valence electrons. The number of aromatic amines is 1. The number of carbonyl (C=O) groups excluding carboxylic acids is 1. The summed E-state index contributed by atoms with van der Waals surface area (Å²) in [5, 5.41) is 6.87. The molecule has 1 unspecified atom stereocenters. The Morgan fingerprint density at radius 3 is 2.39 bits per heavy atom. The largest absolute Gasteiger partial charge is 0.493 e. The lowest BCUT2D eigenvalue weighted by atomic mass is 10.0. The quantitative estimate of drug-likeness (QED) is 0.600. The Balaban J connectivity index is 1.33. The Morgan fingerprint density at radius 1 is 1.00 bits per heavy atom. The number of amides is 1. The second-order valence-corrected chi connectivity index (χ2v) is 8.82. The maximum atomic E-state index is 12.5. The van der Waals surface area contributed by atoms with E-state index in [0.29, 0.717) is 30.4 Å². The maximum Gasteiger partial charge on any atom is 0.343 e. The fraction of sp³-hybridized carbons (Fsp3) is 0.400. The van der Waals surface area contributed by atoms with E-state index in [1.165, 1.54) is 0 Å². The van der Waals surface area contributed by atoms with E-state index in [2.05, 4.69) is 10.2 Å². The summed E-state index contributed by atoms with van der Waals surface area (Å²) in [5.41, 5.74) is 2.67. The third-order valence-corrected chi connectivity index (χ3v) is 6.58. The summed E-state index contributed by atoms with van der Waals surface area (Å²) in [4.78, 5) is 26.8. The molecule has 2 aromatic carbocycles. The van der Waals surface area contributed by atoms with Crippen LogP contribution in [-0.4, -0.2) is 52.9 Å². The van der Waals surface area contributed by atoms with Crippen molar-refractivity contribution in [2.45, 2.75) is 25.8 Å². The predicted octanol–water partition coefficient (Wildman–Crippen LogP) is 3.18. The molecule has 1 aliphatic carbocycles. The molecule has 1 aromatic heterocycles. The first kappa shape index (κ1) is 21.3. The minimum atomic E-state index is -0.221. The fourth-order valence-corrected chi connectivity index (χ4v) is 4.56. The van der Waals surface area contributed by atoms with Crippen LogP contribution in [0.25, 0.3) is 22.5 Å². The van der Waals surface area contributed by atoms with Gasteiger partial charge in [-0.05, 0) is 48.4 Å². The molecule has 5 rings (SSSR count). The van der Waals surface area contributed by atoms with Crippen LogP contribution in [0.15, 0.2) is 47.3 Å². The van der Waals surface area contributed by atoms with Gasteiger partial charge >= 0.3 is 5.69 Å². The average molecular weight is 449 g/mol. The highest BCUT2D eigenvalue weighted by Gasteiger charge is 2.36. The van der Waals surface area contributed by atoms with Gasteiger partial charge in [-0.2, -0.15) is 5.10 Å². The van der Waals surface area contributed by atoms with Crippen molar-refractivity contribution in [3.63, 3.8) is 0 Å². The lowest BCUT2D eigenvalue weighted by Gasteiger charge is -2.16. The number of H-pyrrole nitrogens is 1. The Hall–Kier alpha value is -3.55. The van der Waals surface area contributed by atoms with Crippen LogP contribution in [0.2, 0.25) is 0 Å². The van der Waals surface area contributed by atoms with Crippen LogP contribution in [0.5, 0.6) is 11.5 Å². The van der Waals surface area contributed by atoms with Crippen molar-refractivity contribution in [1.82, 2.24) is 19.7 Å². The standard InChI is InChI=1S/C25H28N4O4/c1-32-21-10-9-20(13-22(21)33-2)17-3-5-18(6-4-17)23-26-27-25(31)29(23)15-16-11-12-28(14-16)24(30)19-7-8-19/h3-6,9-10,13,16,19H,7-8,11-12,14-15H2,1-2H3,(H,27,31). The van der Waals surface area contributed by atoms with Gasteiger partial charge in [0.15, 0.2) is 17.3 Å². The van der Waals surface area contributed by atoms with Gasteiger partial charge in [-0.3, -0.25) is 9.36 Å². The van der Waals surface area contributed by atoms with E-state index in [0.717, 1.165) is 42.5 Å². The summed E-state index contributed by atoms with van der Waals surface area (Å²) in [6.45, 7) is 2.04. The van der Waals surface area contributed by atoms with Gasteiger partial charge in [0.05, 0.1) is 14.2 Å². The number of ether oxygens (including phenoxy) is 2. The molecule has 1 N–H and O–H groups in total. The average Bonchev–Trinajstić information content (AvgIpc) is 3.50. The molecule has 2 heterocycles. The van der Waals surface area contributed by atoms with E-state index in [4.69, 9.17) is 9.47 Å². The van der Waals surface area contributed by atoms with Crippen molar-refractivity contribution in [3.05, 3.63) is 52.9 Å².